The van der Waals surface area contributed by atoms with Crippen LogP contribution in [0.4, 0.5) is 5.69 Å². The average Bonchev–Trinajstić information content (AvgIpc) is 2.89. The third-order valence-corrected chi connectivity index (χ3v) is 3.87. The van der Waals surface area contributed by atoms with Gasteiger partial charge < -0.3 is 16.0 Å². The van der Waals surface area contributed by atoms with E-state index in [0.717, 1.165) is 31.6 Å². The molecule has 0 saturated carbocycles. The maximum atomic E-state index is 11.5. The average molecular weight is 302 g/mol. The second-order valence-electron chi connectivity index (χ2n) is 6.01. The quantitative estimate of drug-likeness (QED) is 0.482. The van der Waals surface area contributed by atoms with Crippen LogP contribution in [0.15, 0.2) is 29.3 Å². The largest absolute Gasteiger partial charge is 0.370 e. The number of carbonyl (C=O) groups excluding carboxylic acids is 1. The van der Waals surface area contributed by atoms with Crippen LogP contribution in [0.1, 0.15) is 44.6 Å². The molecule has 1 aliphatic heterocycles. The van der Waals surface area contributed by atoms with E-state index in [-0.39, 0.29) is 5.91 Å². The lowest BCUT2D eigenvalue weighted by atomic mass is 10.0. The van der Waals surface area contributed by atoms with Crippen LogP contribution in [0.5, 0.6) is 0 Å². The Balaban J connectivity index is 1.77. The number of benzene rings is 1. The fourth-order valence-corrected chi connectivity index (χ4v) is 2.56. The summed E-state index contributed by atoms with van der Waals surface area (Å²) in [4.78, 5) is 17.7. The molecule has 0 spiro atoms. The summed E-state index contributed by atoms with van der Waals surface area (Å²) in [6, 6.07) is 8.20. The van der Waals surface area contributed by atoms with E-state index >= 15 is 0 Å². The van der Waals surface area contributed by atoms with Crippen molar-refractivity contribution in [3.63, 3.8) is 0 Å². The molecule has 1 aromatic carbocycles. The Labute approximate surface area is 132 Å². The lowest BCUT2D eigenvalue weighted by molar-refractivity contribution is -0.127. The van der Waals surface area contributed by atoms with Crippen LogP contribution in [0.2, 0.25) is 0 Å². The minimum Gasteiger partial charge on any atom is -0.370 e. The van der Waals surface area contributed by atoms with Crippen molar-refractivity contribution in [2.45, 2.75) is 39.0 Å². The van der Waals surface area contributed by atoms with Gasteiger partial charge in [-0.3, -0.25) is 9.79 Å². The Morgan fingerprint density at radius 1 is 1.45 bits per heavy atom. The number of hydrogen-bond donors (Lipinski definition) is 2. The molecule has 2 rings (SSSR count). The molecule has 1 saturated heterocycles. The number of likely N-dealkylation sites (tertiary alicyclic amines) is 1. The number of rotatable bonds is 6. The molecule has 0 aliphatic carbocycles. The highest BCUT2D eigenvalue weighted by Crippen LogP contribution is 2.18. The van der Waals surface area contributed by atoms with E-state index < -0.39 is 0 Å². The summed E-state index contributed by atoms with van der Waals surface area (Å²) in [5, 5.41) is 3.12. The van der Waals surface area contributed by atoms with Crippen LogP contribution in [-0.2, 0) is 4.79 Å². The van der Waals surface area contributed by atoms with Crippen LogP contribution in [0, 0.1) is 0 Å². The van der Waals surface area contributed by atoms with Gasteiger partial charge in [0.2, 0.25) is 5.91 Å². The van der Waals surface area contributed by atoms with Gasteiger partial charge in [-0.1, -0.05) is 26.0 Å². The molecule has 3 N–H and O–H groups in total. The van der Waals surface area contributed by atoms with E-state index in [2.05, 4.69) is 36.3 Å². The number of guanidine groups is 1. The van der Waals surface area contributed by atoms with E-state index in [1.807, 2.05) is 17.0 Å². The predicted octanol–water partition coefficient (Wildman–Crippen LogP) is 2.55. The SMILES string of the molecule is CC(C)c1cccc(NC(N)=NCCCN2CCCC2=O)c1. The molecule has 1 amide bonds. The zero-order valence-corrected chi connectivity index (χ0v) is 13.5. The molecule has 5 heteroatoms. The van der Waals surface area contributed by atoms with E-state index in [1.54, 1.807) is 0 Å². The smallest absolute Gasteiger partial charge is 0.222 e. The van der Waals surface area contributed by atoms with Gasteiger partial charge in [0.1, 0.15) is 0 Å². The van der Waals surface area contributed by atoms with Gasteiger partial charge in [0.25, 0.3) is 0 Å². The van der Waals surface area contributed by atoms with E-state index in [4.69, 9.17) is 5.73 Å². The van der Waals surface area contributed by atoms with Crippen LogP contribution < -0.4 is 11.1 Å². The Morgan fingerprint density at radius 2 is 2.27 bits per heavy atom. The maximum Gasteiger partial charge on any atom is 0.222 e. The molecule has 0 bridgehead atoms. The molecule has 1 aliphatic rings. The molecule has 22 heavy (non-hydrogen) atoms. The normalized spacial score (nSPS) is 15.7. The highest BCUT2D eigenvalue weighted by atomic mass is 16.2. The molecule has 1 heterocycles. The molecule has 1 fully saturated rings. The van der Waals surface area contributed by atoms with Crippen LogP contribution in [0.3, 0.4) is 0 Å². The second-order valence-corrected chi connectivity index (χ2v) is 6.01. The van der Waals surface area contributed by atoms with Gasteiger partial charge in [-0.05, 0) is 36.5 Å². The third-order valence-electron chi connectivity index (χ3n) is 3.87. The molecular weight excluding hydrogens is 276 g/mol. The number of nitrogens with zero attached hydrogens (tertiary/aromatic N) is 2. The number of nitrogens with one attached hydrogen (secondary N) is 1. The van der Waals surface area contributed by atoms with Gasteiger partial charge in [0.15, 0.2) is 5.96 Å². The maximum absolute atomic E-state index is 11.5. The Hall–Kier alpha value is -2.04. The highest BCUT2D eigenvalue weighted by molar-refractivity contribution is 5.92. The first-order valence-corrected chi connectivity index (χ1v) is 8.01. The van der Waals surface area contributed by atoms with Crippen molar-refractivity contribution in [1.82, 2.24) is 4.90 Å². The standard InChI is InChI=1S/C17H26N4O/c1-13(2)14-6-3-7-15(12-14)20-17(18)19-9-5-11-21-10-4-8-16(21)22/h3,6-7,12-13H,4-5,8-11H2,1-2H3,(H3,18,19,20). The molecule has 1 aromatic rings. The molecule has 5 nitrogen and oxygen atoms in total. The summed E-state index contributed by atoms with van der Waals surface area (Å²) in [5.41, 5.74) is 8.14. The summed E-state index contributed by atoms with van der Waals surface area (Å²) in [5.74, 6) is 1.17. The highest BCUT2D eigenvalue weighted by Gasteiger charge is 2.18. The van der Waals surface area contributed by atoms with Gasteiger partial charge in [-0.2, -0.15) is 0 Å². The van der Waals surface area contributed by atoms with Gasteiger partial charge in [-0.15, -0.1) is 0 Å². The number of carbonyl (C=O) groups is 1. The third kappa shape index (κ3) is 4.76. The van der Waals surface area contributed by atoms with E-state index in [9.17, 15) is 4.79 Å². The predicted molar refractivity (Wildman–Crippen MR) is 91.1 cm³/mol. The first kappa shape index (κ1) is 16.3. The monoisotopic (exact) mass is 302 g/mol. The summed E-state index contributed by atoms with van der Waals surface area (Å²) in [6.45, 7) is 6.62. The van der Waals surface area contributed by atoms with Crippen molar-refractivity contribution in [2.75, 3.05) is 25.0 Å². The van der Waals surface area contributed by atoms with Crippen molar-refractivity contribution in [3.8, 4) is 0 Å². The molecule has 0 atom stereocenters. The lowest BCUT2D eigenvalue weighted by Gasteiger charge is -2.14. The van der Waals surface area contributed by atoms with Gasteiger partial charge in [-0.25, -0.2) is 0 Å². The number of amides is 1. The first-order valence-electron chi connectivity index (χ1n) is 8.01. The fourth-order valence-electron chi connectivity index (χ4n) is 2.56. The summed E-state index contributed by atoms with van der Waals surface area (Å²) in [7, 11) is 0. The number of nitrogens with two attached hydrogens (primary N) is 1. The second kappa shape index (κ2) is 7.82. The van der Waals surface area contributed by atoms with E-state index in [0.29, 0.717) is 24.8 Å². The summed E-state index contributed by atoms with van der Waals surface area (Å²) in [6.07, 6.45) is 2.53. The summed E-state index contributed by atoms with van der Waals surface area (Å²) < 4.78 is 0. The molecular formula is C17H26N4O. The van der Waals surface area contributed by atoms with Crippen molar-refractivity contribution in [3.05, 3.63) is 29.8 Å². The van der Waals surface area contributed by atoms with Crippen LogP contribution in [-0.4, -0.2) is 36.4 Å². The van der Waals surface area contributed by atoms with E-state index in [1.165, 1.54) is 5.56 Å². The summed E-state index contributed by atoms with van der Waals surface area (Å²) >= 11 is 0. The molecule has 120 valence electrons. The van der Waals surface area contributed by atoms with Crippen molar-refractivity contribution in [1.29, 1.82) is 0 Å². The fraction of sp³-hybridized carbons (Fsp3) is 0.529. The molecule has 0 unspecified atom stereocenters. The van der Waals surface area contributed by atoms with Gasteiger partial charge in [0.05, 0.1) is 0 Å². The number of anilines is 1. The van der Waals surface area contributed by atoms with Crippen LogP contribution >= 0.6 is 0 Å². The first-order chi connectivity index (χ1) is 10.6. The van der Waals surface area contributed by atoms with Crippen LogP contribution in [0.25, 0.3) is 0 Å². The topological polar surface area (TPSA) is 70.7 Å². The Bertz CT molecular complexity index is 539. The number of aliphatic imine (C=N–C) groups is 1. The molecule has 0 aromatic heterocycles. The van der Waals surface area contributed by atoms with Gasteiger partial charge >= 0.3 is 0 Å². The van der Waals surface area contributed by atoms with Crippen molar-refractivity contribution < 1.29 is 4.79 Å². The van der Waals surface area contributed by atoms with Gasteiger partial charge in [0, 0.05) is 31.7 Å². The van der Waals surface area contributed by atoms with Crippen molar-refractivity contribution in [2.24, 2.45) is 10.7 Å². The molecule has 0 radical (unpaired) electrons. The number of hydrogen-bond acceptors (Lipinski definition) is 2. The zero-order valence-electron chi connectivity index (χ0n) is 13.5. The minimum absolute atomic E-state index is 0.264. The van der Waals surface area contributed by atoms with Crippen molar-refractivity contribution >= 4 is 17.6 Å². The minimum atomic E-state index is 0.264. The lowest BCUT2D eigenvalue weighted by Crippen LogP contribution is -2.27. The zero-order chi connectivity index (χ0) is 15.9. The Kier molecular flexibility index (Phi) is 5.81. The Morgan fingerprint density at radius 3 is 2.95 bits per heavy atom.